The number of hydrogen-bond donors (Lipinski definition) is 0. The molecule has 1 aliphatic rings. The van der Waals surface area contributed by atoms with Crippen LogP contribution in [-0.4, -0.2) is 16.9 Å². The molecule has 0 aromatic carbocycles. The molecule has 0 aromatic heterocycles. The second-order valence-corrected chi connectivity index (χ2v) is 5.30. The average Bonchev–Trinajstić information content (AvgIpc) is 2.04. The second kappa shape index (κ2) is 5.63. The van der Waals surface area contributed by atoms with Gasteiger partial charge in [-0.2, -0.15) is 0 Å². The Hall–Kier alpha value is -0.0500. The zero-order chi connectivity index (χ0) is 9.68. The molecule has 1 atom stereocenters. The Morgan fingerprint density at radius 2 is 2.08 bits per heavy atom. The molecule has 0 amide bonds. The fraction of sp³-hybridized carbons (Fsp3) is 0.900. The summed E-state index contributed by atoms with van der Waals surface area (Å²) < 4.78 is 5.33. The lowest BCUT2D eigenvalue weighted by Gasteiger charge is -2.21. The van der Waals surface area contributed by atoms with Gasteiger partial charge in [-0.15, -0.1) is 0 Å². The van der Waals surface area contributed by atoms with E-state index in [2.05, 4.69) is 15.9 Å². The molecule has 13 heavy (non-hydrogen) atoms. The van der Waals surface area contributed by atoms with Gasteiger partial charge in [0, 0.05) is 4.83 Å². The van der Waals surface area contributed by atoms with Gasteiger partial charge >= 0.3 is 5.97 Å². The second-order valence-electron chi connectivity index (χ2n) is 3.73. The van der Waals surface area contributed by atoms with Crippen LogP contribution in [0.2, 0.25) is 0 Å². The number of rotatable bonds is 3. The molecule has 0 saturated heterocycles. The maximum absolute atomic E-state index is 11.3. The van der Waals surface area contributed by atoms with E-state index >= 15 is 0 Å². The van der Waals surface area contributed by atoms with E-state index in [4.69, 9.17) is 4.74 Å². The van der Waals surface area contributed by atoms with Crippen molar-refractivity contribution in [3.63, 3.8) is 0 Å². The van der Waals surface area contributed by atoms with Crippen molar-refractivity contribution in [1.29, 1.82) is 0 Å². The van der Waals surface area contributed by atoms with Crippen molar-refractivity contribution in [3.8, 4) is 0 Å². The summed E-state index contributed by atoms with van der Waals surface area (Å²) in [5.41, 5.74) is 0. The highest BCUT2D eigenvalue weighted by atomic mass is 79.9. The highest BCUT2D eigenvalue weighted by Gasteiger charge is 2.18. The Bertz CT molecular complexity index is 162. The first-order valence-corrected chi connectivity index (χ1v) is 5.93. The molecule has 0 N–H and O–H groups in total. The van der Waals surface area contributed by atoms with Crippen LogP contribution < -0.4 is 0 Å². The molecular weight excluding hydrogens is 232 g/mol. The topological polar surface area (TPSA) is 26.3 Å². The van der Waals surface area contributed by atoms with Crippen LogP contribution in [-0.2, 0) is 9.53 Å². The van der Waals surface area contributed by atoms with Crippen molar-refractivity contribution in [2.75, 3.05) is 0 Å². The lowest BCUT2D eigenvalue weighted by atomic mass is 9.98. The first-order valence-electron chi connectivity index (χ1n) is 5.02. The predicted octanol–water partition coefficient (Wildman–Crippen LogP) is 3.04. The molecule has 1 unspecified atom stereocenters. The Morgan fingerprint density at radius 1 is 1.46 bits per heavy atom. The van der Waals surface area contributed by atoms with E-state index in [0.717, 1.165) is 12.8 Å². The third-order valence-electron chi connectivity index (χ3n) is 2.30. The molecule has 1 aliphatic carbocycles. The molecule has 1 rings (SSSR count). The number of carbonyl (C=O) groups is 1. The number of halogens is 1. The fourth-order valence-corrected chi connectivity index (χ4v) is 1.91. The lowest BCUT2D eigenvalue weighted by molar-refractivity contribution is -0.150. The van der Waals surface area contributed by atoms with Gasteiger partial charge in [-0.05, 0) is 25.7 Å². The molecule has 3 heteroatoms. The van der Waals surface area contributed by atoms with Crippen LogP contribution in [0.25, 0.3) is 0 Å². The molecule has 76 valence electrons. The highest BCUT2D eigenvalue weighted by Crippen LogP contribution is 2.21. The summed E-state index contributed by atoms with van der Waals surface area (Å²) in [6.07, 6.45) is 6.51. The van der Waals surface area contributed by atoms with Gasteiger partial charge in [0.25, 0.3) is 0 Å². The summed E-state index contributed by atoms with van der Waals surface area (Å²) in [5.74, 6) is -0.0590. The SMILES string of the molecule is CC(Br)CC(=O)OC1CCCCC1. The van der Waals surface area contributed by atoms with E-state index in [1.165, 1.54) is 19.3 Å². The molecule has 1 fully saturated rings. The number of esters is 1. The number of hydrogen-bond acceptors (Lipinski definition) is 2. The van der Waals surface area contributed by atoms with Crippen LogP contribution in [0.3, 0.4) is 0 Å². The summed E-state index contributed by atoms with van der Waals surface area (Å²) in [7, 11) is 0. The van der Waals surface area contributed by atoms with Crippen LogP contribution in [0.5, 0.6) is 0 Å². The fourth-order valence-electron chi connectivity index (χ4n) is 1.65. The molecule has 0 heterocycles. The quantitative estimate of drug-likeness (QED) is 0.567. The number of alkyl halides is 1. The first-order chi connectivity index (χ1) is 6.18. The van der Waals surface area contributed by atoms with Crippen molar-refractivity contribution >= 4 is 21.9 Å². The van der Waals surface area contributed by atoms with Crippen LogP contribution in [0.4, 0.5) is 0 Å². The van der Waals surface area contributed by atoms with E-state index in [-0.39, 0.29) is 16.9 Å². The maximum atomic E-state index is 11.3. The van der Waals surface area contributed by atoms with Crippen molar-refractivity contribution < 1.29 is 9.53 Å². The van der Waals surface area contributed by atoms with Crippen molar-refractivity contribution in [2.45, 2.75) is 56.4 Å². The van der Waals surface area contributed by atoms with Crippen molar-refractivity contribution in [3.05, 3.63) is 0 Å². The Morgan fingerprint density at radius 3 is 2.62 bits per heavy atom. The van der Waals surface area contributed by atoms with Gasteiger partial charge in [-0.25, -0.2) is 0 Å². The largest absolute Gasteiger partial charge is 0.462 e. The van der Waals surface area contributed by atoms with Gasteiger partial charge in [0.1, 0.15) is 6.10 Å². The zero-order valence-electron chi connectivity index (χ0n) is 8.09. The van der Waals surface area contributed by atoms with Crippen molar-refractivity contribution in [2.24, 2.45) is 0 Å². The molecule has 1 saturated carbocycles. The minimum absolute atomic E-state index is 0.0590. The van der Waals surface area contributed by atoms with Crippen LogP contribution in [0, 0.1) is 0 Å². The summed E-state index contributed by atoms with van der Waals surface area (Å²) in [6.45, 7) is 1.96. The van der Waals surface area contributed by atoms with E-state index < -0.39 is 0 Å². The zero-order valence-corrected chi connectivity index (χ0v) is 9.68. The van der Waals surface area contributed by atoms with Crippen LogP contribution in [0.15, 0.2) is 0 Å². The minimum Gasteiger partial charge on any atom is -0.462 e. The number of ether oxygens (including phenoxy) is 1. The lowest BCUT2D eigenvalue weighted by Crippen LogP contribution is -2.21. The van der Waals surface area contributed by atoms with E-state index in [1.54, 1.807) is 0 Å². The van der Waals surface area contributed by atoms with Crippen molar-refractivity contribution in [1.82, 2.24) is 0 Å². The molecule has 0 radical (unpaired) electrons. The number of carbonyl (C=O) groups excluding carboxylic acids is 1. The van der Waals surface area contributed by atoms with Crippen LogP contribution >= 0.6 is 15.9 Å². The molecule has 0 aromatic rings. The summed E-state index contributed by atoms with van der Waals surface area (Å²) in [5, 5.41) is 0. The van der Waals surface area contributed by atoms with Gasteiger partial charge < -0.3 is 4.74 Å². The molecule has 0 aliphatic heterocycles. The third kappa shape index (κ3) is 4.65. The summed E-state index contributed by atoms with van der Waals surface area (Å²) in [6, 6.07) is 0. The van der Waals surface area contributed by atoms with Gasteiger partial charge in [0.05, 0.1) is 6.42 Å². The Kier molecular flexibility index (Phi) is 4.78. The summed E-state index contributed by atoms with van der Waals surface area (Å²) in [4.78, 5) is 11.5. The highest BCUT2D eigenvalue weighted by molar-refractivity contribution is 9.09. The monoisotopic (exact) mass is 248 g/mol. The van der Waals surface area contributed by atoms with Gasteiger partial charge in [-0.3, -0.25) is 4.79 Å². The van der Waals surface area contributed by atoms with E-state index in [1.807, 2.05) is 6.92 Å². The van der Waals surface area contributed by atoms with Gasteiger partial charge in [-0.1, -0.05) is 29.3 Å². The molecule has 0 spiro atoms. The van der Waals surface area contributed by atoms with Gasteiger partial charge in [0.2, 0.25) is 0 Å². The predicted molar refractivity (Wildman–Crippen MR) is 56.0 cm³/mol. The minimum atomic E-state index is -0.0590. The molecule has 0 bridgehead atoms. The third-order valence-corrected chi connectivity index (χ3v) is 2.62. The van der Waals surface area contributed by atoms with E-state index in [0.29, 0.717) is 6.42 Å². The molecular formula is C10H17BrO2. The molecule has 2 nitrogen and oxygen atoms in total. The smallest absolute Gasteiger partial charge is 0.307 e. The maximum Gasteiger partial charge on any atom is 0.307 e. The van der Waals surface area contributed by atoms with Crippen LogP contribution in [0.1, 0.15) is 45.4 Å². The first kappa shape index (κ1) is 11.0. The Labute approximate surface area is 88.2 Å². The standard InChI is InChI=1S/C10H17BrO2/c1-8(11)7-10(12)13-9-5-3-2-4-6-9/h8-9H,2-7H2,1H3. The normalized spacial score (nSPS) is 21.1. The average molecular weight is 249 g/mol. The Balaban J connectivity index is 2.18. The van der Waals surface area contributed by atoms with Gasteiger partial charge in [0.15, 0.2) is 0 Å². The summed E-state index contributed by atoms with van der Waals surface area (Å²) >= 11 is 3.34. The van der Waals surface area contributed by atoms with E-state index in [9.17, 15) is 4.79 Å².